The predicted molar refractivity (Wildman–Crippen MR) is 110 cm³/mol. The molecular weight excluding hydrogens is 377 g/mol. The number of hydrogen-bond acceptors (Lipinski definition) is 4. The van der Waals surface area contributed by atoms with Crippen LogP contribution in [0.15, 0.2) is 29.4 Å². The summed E-state index contributed by atoms with van der Waals surface area (Å²) in [6.07, 6.45) is 3.51. The van der Waals surface area contributed by atoms with Crippen molar-refractivity contribution in [1.82, 2.24) is 4.98 Å². The highest BCUT2D eigenvalue weighted by Crippen LogP contribution is 2.33. The average Bonchev–Trinajstić information content (AvgIpc) is 2.52. The van der Waals surface area contributed by atoms with Crippen LogP contribution in [0.1, 0.15) is 25.0 Å². The molecule has 1 aromatic carbocycles. The molecule has 0 unspecified atom stereocenters. The zero-order valence-electron chi connectivity index (χ0n) is 14.9. The maximum Gasteiger partial charge on any atom is 0.238 e. The van der Waals surface area contributed by atoms with Crippen LogP contribution >= 0.6 is 35.0 Å². The molecule has 0 bridgehead atoms. The van der Waals surface area contributed by atoms with Gasteiger partial charge in [0.2, 0.25) is 5.88 Å². The number of aliphatic imine (C=N–C) groups is 1. The molecule has 1 aromatic heterocycles. The highest BCUT2D eigenvalue weighted by atomic mass is 35.5. The summed E-state index contributed by atoms with van der Waals surface area (Å²) in [6, 6.07) is 5.72. The van der Waals surface area contributed by atoms with Crippen molar-refractivity contribution in [2.24, 2.45) is 4.99 Å². The van der Waals surface area contributed by atoms with Crippen LogP contribution in [0.5, 0.6) is 11.6 Å². The standard InChI is InChI=1S/C18H21Cl2N3OS/c1-10(2)22-18(25-5)23-16-11(3)6-14(7-12(16)4)24-17-15(20)8-13(19)9-21-17/h6-10H,1-5H3,(H,22,23). The molecule has 0 aliphatic rings. The molecule has 4 nitrogen and oxygen atoms in total. The first-order chi connectivity index (χ1) is 11.8. The van der Waals surface area contributed by atoms with Gasteiger partial charge in [0.15, 0.2) is 5.17 Å². The van der Waals surface area contributed by atoms with E-state index in [4.69, 9.17) is 27.9 Å². The molecule has 0 saturated heterocycles. The lowest BCUT2D eigenvalue weighted by atomic mass is 10.1. The van der Waals surface area contributed by atoms with Gasteiger partial charge >= 0.3 is 0 Å². The summed E-state index contributed by atoms with van der Waals surface area (Å²) in [6.45, 7) is 8.15. The number of amidine groups is 1. The number of pyridine rings is 1. The van der Waals surface area contributed by atoms with E-state index in [9.17, 15) is 0 Å². The van der Waals surface area contributed by atoms with Crippen molar-refractivity contribution in [2.75, 3.05) is 11.6 Å². The molecule has 0 saturated carbocycles. The Kier molecular flexibility index (Phi) is 6.99. The molecule has 1 heterocycles. The number of benzene rings is 1. The lowest BCUT2D eigenvalue weighted by Gasteiger charge is -2.16. The number of anilines is 1. The smallest absolute Gasteiger partial charge is 0.238 e. The summed E-state index contributed by atoms with van der Waals surface area (Å²) in [5, 5.41) is 5.14. The molecule has 2 aromatic rings. The molecule has 0 radical (unpaired) electrons. The number of nitrogens with zero attached hydrogens (tertiary/aromatic N) is 2. The van der Waals surface area contributed by atoms with Crippen molar-refractivity contribution in [2.45, 2.75) is 33.7 Å². The Labute approximate surface area is 163 Å². The highest BCUT2D eigenvalue weighted by Gasteiger charge is 2.11. The quantitative estimate of drug-likeness (QED) is 0.482. The summed E-state index contributed by atoms with van der Waals surface area (Å²) >= 11 is 13.6. The second kappa shape index (κ2) is 8.79. The van der Waals surface area contributed by atoms with Crippen molar-refractivity contribution < 1.29 is 4.74 Å². The van der Waals surface area contributed by atoms with Gasteiger partial charge in [0.25, 0.3) is 0 Å². The number of nitrogens with one attached hydrogen (secondary N) is 1. The van der Waals surface area contributed by atoms with E-state index >= 15 is 0 Å². The van der Waals surface area contributed by atoms with E-state index in [1.54, 1.807) is 17.8 Å². The minimum absolute atomic E-state index is 0.233. The Morgan fingerprint density at radius 2 is 1.84 bits per heavy atom. The molecular formula is C18H21Cl2N3OS. The van der Waals surface area contributed by atoms with Gasteiger partial charge in [0.1, 0.15) is 10.8 Å². The minimum atomic E-state index is 0.233. The third-order valence-corrected chi connectivity index (χ3v) is 4.37. The van der Waals surface area contributed by atoms with Crippen molar-refractivity contribution >= 4 is 45.8 Å². The summed E-state index contributed by atoms with van der Waals surface area (Å²) in [5.41, 5.74) is 3.12. The van der Waals surface area contributed by atoms with Crippen LogP contribution < -0.4 is 10.1 Å². The SMILES string of the molecule is CSC(=NC(C)C)Nc1c(C)cc(Oc2ncc(Cl)cc2Cl)cc1C. The lowest BCUT2D eigenvalue weighted by Crippen LogP contribution is -2.12. The fourth-order valence-electron chi connectivity index (χ4n) is 2.25. The fraction of sp³-hybridized carbons (Fsp3) is 0.333. The molecule has 134 valence electrons. The van der Waals surface area contributed by atoms with E-state index in [0.717, 1.165) is 22.0 Å². The second-order valence-corrected chi connectivity index (χ2v) is 7.47. The number of ether oxygens (including phenoxy) is 1. The Balaban J connectivity index is 2.27. The van der Waals surface area contributed by atoms with Crippen molar-refractivity contribution in [3.63, 3.8) is 0 Å². The van der Waals surface area contributed by atoms with Crippen molar-refractivity contribution in [1.29, 1.82) is 0 Å². The van der Waals surface area contributed by atoms with Gasteiger partial charge in [-0.25, -0.2) is 4.98 Å². The monoisotopic (exact) mass is 397 g/mol. The van der Waals surface area contributed by atoms with E-state index < -0.39 is 0 Å². The number of aryl methyl sites for hydroxylation is 2. The van der Waals surface area contributed by atoms with Gasteiger partial charge in [0, 0.05) is 17.9 Å². The van der Waals surface area contributed by atoms with Crippen molar-refractivity contribution in [3.8, 4) is 11.6 Å². The Bertz CT molecular complexity index is 771. The number of hydrogen-bond donors (Lipinski definition) is 1. The maximum absolute atomic E-state index is 6.12. The van der Waals surface area contributed by atoms with Crippen LogP contribution in [0, 0.1) is 13.8 Å². The molecule has 0 spiro atoms. The van der Waals surface area contributed by atoms with E-state index in [-0.39, 0.29) is 6.04 Å². The Morgan fingerprint density at radius 1 is 1.20 bits per heavy atom. The van der Waals surface area contributed by atoms with Gasteiger partial charge in [-0.15, -0.1) is 0 Å². The summed E-state index contributed by atoms with van der Waals surface area (Å²) in [5.74, 6) is 1.00. The van der Waals surface area contributed by atoms with Gasteiger partial charge in [-0.3, -0.25) is 4.99 Å². The van der Waals surface area contributed by atoms with Crippen LogP contribution in [0.25, 0.3) is 0 Å². The van der Waals surface area contributed by atoms with Crippen LogP contribution in [-0.2, 0) is 0 Å². The van der Waals surface area contributed by atoms with Crippen molar-refractivity contribution in [3.05, 3.63) is 45.6 Å². The molecule has 2 rings (SSSR count). The third kappa shape index (κ3) is 5.53. The highest BCUT2D eigenvalue weighted by molar-refractivity contribution is 8.13. The number of halogens is 2. The largest absolute Gasteiger partial charge is 0.438 e. The minimum Gasteiger partial charge on any atom is -0.438 e. The molecule has 0 aliphatic carbocycles. The fourth-order valence-corrected chi connectivity index (χ4v) is 3.19. The van der Waals surface area contributed by atoms with E-state index in [2.05, 4.69) is 29.1 Å². The van der Waals surface area contributed by atoms with Crippen LogP contribution in [0.4, 0.5) is 5.69 Å². The average molecular weight is 398 g/mol. The summed E-state index contributed by atoms with van der Waals surface area (Å²) in [7, 11) is 0. The van der Waals surface area contributed by atoms with Gasteiger partial charge in [-0.05, 0) is 63.3 Å². The summed E-state index contributed by atoms with van der Waals surface area (Å²) < 4.78 is 5.81. The van der Waals surface area contributed by atoms with Crippen LogP contribution in [0.3, 0.4) is 0 Å². The number of aromatic nitrogens is 1. The van der Waals surface area contributed by atoms with E-state index in [0.29, 0.717) is 21.7 Å². The first kappa shape index (κ1) is 19.9. The molecule has 0 fully saturated rings. The van der Waals surface area contributed by atoms with Gasteiger partial charge < -0.3 is 10.1 Å². The first-order valence-corrected chi connectivity index (χ1v) is 9.77. The maximum atomic E-state index is 6.12. The zero-order valence-corrected chi connectivity index (χ0v) is 17.2. The molecule has 0 amide bonds. The zero-order chi connectivity index (χ0) is 18.6. The first-order valence-electron chi connectivity index (χ1n) is 7.79. The molecule has 0 aliphatic heterocycles. The molecule has 0 atom stereocenters. The Morgan fingerprint density at radius 3 is 2.36 bits per heavy atom. The molecule has 7 heteroatoms. The molecule has 25 heavy (non-hydrogen) atoms. The second-order valence-electron chi connectivity index (χ2n) is 5.83. The van der Waals surface area contributed by atoms with Gasteiger partial charge in [-0.1, -0.05) is 35.0 Å². The van der Waals surface area contributed by atoms with E-state index in [1.807, 2.05) is 32.2 Å². The predicted octanol–water partition coefficient (Wildman–Crippen LogP) is 6.34. The Hall–Kier alpha value is -1.43. The van der Waals surface area contributed by atoms with Crippen LogP contribution in [0.2, 0.25) is 10.0 Å². The lowest BCUT2D eigenvalue weighted by molar-refractivity contribution is 0.462. The van der Waals surface area contributed by atoms with Gasteiger partial charge in [0.05, 0.1) is 5.02 Å². The molecule has 1 N–H and O–H groups in total. The number of thioether (sulfide) groups is 1. The normalized spacial score (nSPS) is 11.8. The van der Waals surface area contributed by atoms with Crippen LogP contribution in [-0.4, -0.2) is 22.4 Å². The van der Waals surface area contributed by atoms with Gasteiger partial charge in [-0.2, -0.15) is 0 Å². The van der Waals surface area contributed by atoms with E-state index in [1.165, 1.54) is 6.20 Å². The third-order valence-electron chi connectivity index (χ3n) is 3.30. The summed E-state index contributed by atoms with van der Waals surface area (Å²) in [4.78, 5) is 8.71. The number of rotatable bonds is 4. The topological polar surface area (TPSA) is 46.5 Å².